The van der Waals surface area contributed by atoms with Crippen molar-refractivity contribution in [1.29, 1.82) is 0 Å². The molecule has 8 atom stereocenters. The molecule has 6 rings (SSSR count). The summed E-state index contributed by atoms with van der Waals surface area (Å²) in [4.78, 5) is 54.6. The standard InChI is InChI=1S/C20H25N10O12P/c21-19-25-13-7(15(35)27-19)23-3-29(13)17-11(33)9(31)5(41-17)1-39-43(37,38)40-2-6-10(32)12(34)18(42-6)30-4-24-8-14(30)26-20(22)28-16(8)36/h3-6,9-12,17-18,31-34H,1-2H2,(H,37,38)(H3,21,25,27,35)(H3,22,26,28,36)/t5-,6-,9+,10+,11+,12+,17-,18-/m1/s1. The number of anilines is 2. The summed E-state index contributed by atoms with van der Waals surface area (Å²) in [7, 11) is -4.89. The van der Waals surface area contributed by atoms with Crippen molar-refractivity contribution < 1.29 is 48.4 Å². The highest BCUT2D eigenvalue weighted by atomic mass is 31.2. The Morgan fingerprint density at radius 1 is 0.791 bits per heavy atom. The zero-order valence-electron chi connectivity index (χ0n) is 21.6. The van der Waals surface area contributed by atoms with E-state index in [4.69, 9.17) is 30.0 Å². The van der Waals surface area contributed by atoms with E-state index in [9.17, 15) is 39.5 Å². The van der Waals surface area contributed by atoms with Crippen LogP contribution in [0.5, 0.6) is 0 Å². The predicted molar refractivity (Wildman–Crippen MR) is 139 cm³/mol. The molecule has 2 fully saturated rings. The molecule has 2 aliphatic heterocycles. The number of H-pyrrole nitrogens is 2. The fourth-order valence-electron chi connectivity index (χ4n) is 4.82. The van der Waals surface area contributed by atoms with E-state index in [2.05, 4.69) is 29.9 Å². The van der Waals surface area contributed by atoms with Crippen molar-refractivity contribution in [2.75, 3.05) is 24.7 Å². The number of aliphatic hydroxyl groups excluding tert-OH is 4. The maximum absolute atomic E-state index is 12.6. The highest BCUT2D eigenvalue weighted by molar-refractivity contribution is 7.47. The van der Waals surface area contributed by atoms with Gasteiger partial charge in [0.25, 0.3) is 11.1 Å². The second-order valence-electron chi connectivity index (χ2n) is 9.70. The van der Waals surface area contributed by atoms with Gasteiger partial charge >= 0.3 is 7.82 Å². The van der Waals surface area contributed by atoms with Crippen LogP contribution in [0.3, 0.4) is 0 Å². The zero-order chi connectivity index (χ0) is 30.8. The monoisotopic (exact) mass is 628 g/mol. The summed E-state index contributed by atoms with van der Waals surface area (Å²) in [6.07, 6.45) is -9.46. The Balaban J connectivity index is 1.09. The van der Waals surface area contributed by atoms with Crippen LogP contribution >= 0.6 is 7.82 Å². The van der Waals surface area contributed by atoms with Gasteiger partial charge in [0.05, 0.1) is 25.9 Å². The molecule has 6 heterocycles. The molecule has 0 saturated carbocycles. The smallest absolute Gasteiger partial charge is 0.387 e. The summed E-state index contributed by atoms with van der Waals surface area (Å²) < 4.78 is 36.0. The first kappa shape index (κ1) is 29.3. The van der Waals surface area contributed by atoms with Gasteiger partial charge in [0.15, 0.2) is 34.8 Å². The average Bonchev–Trinajstić information content (AvgIpc) is 3.69. The van der Waals surface area contributed by atoms with Crippen LogP contribution < -0.4 is 22.6 Å². The lowest BCUT2D eigenvalue weighted by molar-refractivity contribution is -0.0608. The predicted octanol–water partition coefficient (Wildman–Crippen LogP) is -4.21. The topological polar surface area (TPSA) is 334 Å². The number of nitrogen functional groups attached to an aromatic ring is 2. The molecule has 0 aromatic carbocycles. The minimum atomic E-state index is -4.89. The van der Waals surface area contributed by atoms with Gasteiger partial charge in [0.2, 0.25) is 11.9 Å². The molecule has 4 aromatic rings. The fourth-order valence-corrected chi connectivity index (χ4v) is 5.57. The number of hydrogen-bond acceptors (Lipinski definition) is 17. The minimum absolute atomic E-state index is 0.0411. The number of phosphoric acid groups is 1. The molecule has 232 valence electrons. The number of phosphoric ester groups is 1. The molecule has 0 spiro atoms. The van der Waals surface area contributed by atoms with Crippen molar-refractivity contribution in [2.45, 2.75) is 49.1 Å². The Bertz CT molecular complexity index is 1710. The van der Waals surface area contributed by atoms with Gasteiger partial charge in [-0.05, 0) is 0 Å². The van der Waals surface area contributed by atoms with Crippen LogP contribution in [0.15, 0.2) is 22.2 Å². The molecule has 2 saturated heterocycles. The van der Waals surface area contributed by atoms with E-state index in [1.54, 1.807) is 0 Å². The second kappa shape index (κ2) is 10.7. The number of nitrogens with zero attached hydrogens (tertiary/aromatic N) is 6. The number of ether oxygens (including phenoxy) is 2. The first-order valence-corrected chi connectivity index (χ1v) is 13.9. The highest BCUT2D eigenvalue weighted by Crippen LogP contribution is 2.45. The fraction of sp³-hybridized carbons (Fsp3) is 0.500. The van der Waals surface area contributed by atoms with E-state index in [1.807, 2.05) is 0 Å². The van der Waals surface area contributed by atoms with E-state index < -0.39 is 81.2 Å². The molecular formula is C20H25N10O12P. The Kier molecular flexibility index (Phi) is 7.29. The summed E-state index contributed by atoms with van der Waals surface area (Å²) in [5, 5.41) is 42.0. The number of nitrogens with two attached hydrogens (primary N) is 2. The molecule has 4 aromatic heterocycles. The van der Waals surface area contributed by atoms with Gasteiger partial charge in [-0.25, -0.2) is 14.5 Å². The van der Waals surface area contributed by atoms with E-state index >= 15 is 0 Å². The van der Waals surface area contributed by atoms with Crippen LogP contribution in [0.2, 0.25) is 0 Å². The Morgan fingerprint density at radius 2 is 1.19 bits per heavy atom. The van der Waals surface area contributed by atoms with Crippen molar-refractivity contribution in [3.8, 4) is 0 Å². The van der Waals surface area contributed by atoms with Crippen LogP contribution in [-0.4, -0.2) is 114 Å². The lowest BCUT2D eigenvalue weighted by Crippen LogP contribution is -2.34. The SMILES string of the molecule is Nc1nc2c(ncn2[C@@H]2O[C@H](COP(=O)(O)OC[C@H]3O[C@@H](n4cnc5c(=O)[nH]c(N)nc54)[C@@H](O)[C@H]3O)[C@H](O)[C@@H]2O)c(=O)[nH]1. The average molecular weight is 628 g/mol. The summed E-state index contributed by atoms with van der Waals surface area (Å²) in [5.41, 5.74) is 9.58. The first-order chi connectivity index (χ1) is 20.3. The first-order valence-electron chi connectivity index (χ1n) is 12.4. The molecule has 2 aliphatic rings. The van der Waals surface area contributed by atoms with Crippen LogP contribution in [0.25, 0.3) is 22.3 Å². The normalized spacial score (nSPS) is 29.7. The number of aromatic nitrogens is 8. The quantitative estimate of drug-likeness (QED) is 0.0835. The number of nitrogens with one attached hydrogen (secondary N) is 2. The molecular weight excluding hydrogens is 603 g/mol. The third-order valence-electron chi connectivity index (χ3n) is 6.93. The van der Waals surface area contributed by atoms with Crippen molar-refractivity contribution in [2.24, 2.45) is 0 Å². The number of rotatable bonds is 8. The van der Waals surface area contributed by atoms with Crippen LogP contribution in [0, 0.1) is 0 Å². The number of hydrogen-bond donors (Lipinski definition) is 9. The summed E-state index contributed by atoms with van der Waals surface area (Å²) in [5.74, 6) is -0.452. The largest absolute Gasteiger partial charge is 0.472 e. The molecule has 0 amide bonds. The number of aliphatic hydroxyl groups is 4. The second-order valence-corrected chi connectivity index (χ2v) is 11.2. The Labute approximate surface area is 237 Å². The lowest BCUT2D eigenvalue weighted by atomic mass is 10.1. The van der Waals surface area contributed by atoms with E-state index in [1.165, 1.54) is 0 Å². The molecule has 23 heteroatoms. The van der Waals surface area contributed by atoms with Crippen molar-refractivity contribution in [3.63, 3.8) is 0 Å². The Hall–Kier alpha value is -3.83. The Morgan fingerprint density at radius 3 is 1.58 bits per heavy atom. The van der Waals surface area contributed by atoms with Gasteiger partial charge < -0.3 is 46.3 Å². The van der Waals surface area contributed by atoms with Gasteiger partial charge in [-0.1, -0.05) is 0 Å². The zero-order valence-corrected chi connectivity index (χ0v) is 22.5. The molecule has 0 radical (unpaired) electrons. The highest BCUT2D eigenvalue weighted by Gasteiger charge is 2.47. The number of aromatic amines is 2. The molecule has 0 aliphatic carbocycles. The number of imidazole rings is 2. The maximum Gasteiger partial charge on any atom is 0.472 e. The molecule has 0 bridgehead atoms. The van der Waals surface area contributed by atoms with Crippen molar-refractivity contribution in [1.82, 2.24) is 39.0 Å². The van der Waals surface area contributed by atoms with Crippen LogP contribution in [0.4, 0.5) is 11.9 Å². The summed E-state index contributed by atoms with van der Waals surface area (Å²) in [6.45, 7) is -1.49. The molecule has 11 N–H and O–H groups in total. The van der Waals surface area contributed by atoms with Crippen molar-refractivity contribution >= 4 is 42.0 Å². The van der Waals surface area contributed by atoms with Gasteiger partial charge in [0, 0.05) is 0 Å². The van der Waals surface area contributed by atoms with Gasteiger partial charge in [-0.3, -0.25) is 37.7 Å². The van der Waals surface area contributed by atoms with Crippen LogP contribution in [-0.2, 0) is 23.1 Å². The van der Waals surface area contributed by atoms with E-state index in [0.29, 0.717) is 0 Å². The van der Waals surface area contributed by atoms with Gasteiger partial charge in [-0.2, -0.15) is 9.97 Å². The molecule has 0 unspecified atom stereocenters. The third-order valence-corrected chi connectivity index (χ3v) is 7.88. The number of fused-ring (bicyclic) bond motifs is 2. The van der Waals surface area contributed by atoms with Gasteiger partial charge in [-0.15, -0.1) is 0 Å². The third kappa shape index (κ3) is 5.18. The van der Waals surface area contributed by atoms with Crippen LogP contribution in [0.1, 0.15) is 12.5 Å². The van der Waals surface area contributed by atoms with E-state index in [-0.39, 0.29) is 34.2 Å². The minimum Gasteiger partial charge on any atom is -0.387 e. The molecule has 43 heavy (non-hydrogen) atoms. The lowest BCUT2D eigenvalue weighted by Gasteiger charge is -2.20. The maximum atomic E-state index is 12.6. The summed E-state index contributed by atoms with van der Waals surface area (Å²) in [6, 6.07) is 0. The van der Waals surface area contributed by atoms with Crippen molar-refractivity contribution in [3.05, 3.63) is 33.4 Å². The van der Waals surface area contributed by atoms with Gasteiger partial charge in [0.1, 0.15) is 36.6 Å². The molecule has 22 nitrogen and oxygen atoms in total. The van der Waals surface area contributed by atoms with E-state index in [0.717, 1.165) is 21.8 Å². The summed E-state index contributed by atoms with van der Waals surface area (Å²) >= 11 is 0.